The van der Waals surface area contributed by atoms with Crippen molar-refractivity contribution >= 4 is 29.2 Å². The van der Waals surface area contributed by atoms with E-state index in [-0.39, 0.29) is 0 Å². The number of hydrogen-bond donors (Lipinski definition) is 2. The van der Waals surface area contributed by atoms with Crippen LogP contribution in [-0.4, -0.2) is 39.8 Å². The number of thiocarbonyl (C=S) groups is 1. The van der Waals surface area contributed by atoms with E-state index in [1.165, 1.54) is 0 Å². The van der Waals surface area contributed by atoms with E-state index in [1.807, 2.05) is 18.2 Å². The molecule has 26 heavy (non-hydrogen) atoms. The predicted octanol–water partition coefficient (Wildman–Crippen LogP) is 3.04. The van der Waals surface area contributed by atoms with Crippen molar-refractivity contribution in [3.63, 3.8) is 0 Å². The highest BCUT2D eigenvalue weighted by molar-refractivity contribution is 7.80. The highest BCUT2D eigenvalue weighted by atomic mass is 32.1. The summed E-state index contributed by atoms with van der Waals surface area (Å²) in [4.78, 5) is 0. The Balaban J connectivity index is 1.97. The van der Waals surface area contributed by atoms with Crippen molar-refractivity contribution in [3.05, 3.63) is 42.0 Å². The van der Waals surface area contributed by atoms with E-state index in [0.29, 0.717) is 28.1 Å². The number of anilines is 1. The molecule has 2 aromatic carbocycles. The van der Waals surface area contributed by atoms with Crippen LogP contribution in [0.1, 0.15) is 5.56 Å². The van der Waals surface area contributed by atoms with Gasteiger partial charge in [-0.25, -0.2) is 0 Å². The maximum Gasteiger partial charge on any atom is 0.191 e. The SMILES string of the molecule is COc1ccc(/C=N\NC(=S)Nc2ccc(OC)c(OC)c2)cc1OC. The summed E-state index contributed by atoms with van der Waals surface area (Å²) in [6.07, 6.45) is 1.63. The van der Waals surface area contributed by atoms with E-state index in [9.17, 15) is 0 Å². The van der Waals surface area contributed by atoms with E-state index in [2.05, 4.69) is 15.8 Å². The summed E-state index contributed by atoms with van der Waals surface area (Å²) < 4.78 is 20.9. The molecule has 0 radical (unpaired) electrons. The summed E-state index contributed by atoms with van der Waals surface area (Å²) in [6, 6.07) is 10.9. The molecule has 138 valence electrons. The fourth-order valence-corrected chi connectivity index (χ4v) is 2.34. The maximum atomic E-state index is 5.26. The van der Waals surface area contributed by atoms with Gasteiger partial charge < -0.3 is 24.3 Å². The van der Waals surface area contributed by atoms with Crippen LogP contribution in [0, 0.1) is 0 Å². The largest absolute Gasteiger partial charge is 0.493 e. The lowest BCUT2D eigenvalue weighted by atomic mass is 10.2. The van der Waals surface area contributed by atoms with Crippen LogP contribution in [0.25, 0.3) is 0 Å². The molecule has 0 amide bonds. The Kier molecular flexibility index (Phi) is 7.04. The number of rotatable bonds is 7. The number of nitrogens with one attached hydrogen (secondary N) is 2. The van der Waals surface area contributed by atoms with Gasteiger partial charge in [0.1, 0.15) is 0 Å². The maximum absolute atomic E-state index is 5.26. The van der Waals surface area contributed by atoms with E-state index in [4.69, 9.17) is 31.2 Å². The van der Waals surface area contributed by atoms with Crippen LogP contribution < -0.4 is 29.7 Å². The van der Waals surface area contributed by atoms with Gasteiger partial charge in [0.2, 0.25) is 0 Å². The van der Waals surface area contributed by atoms with Gasteiger partial charge >= 0.3 is 0 Å². The zero-order chi connectivity index (χ0) is 18.9. The summed E-state index contributed by atoms with van der Waals surface area (Å²) in [6.45, 7) is 0. The van der Waals surface area contributed by atoms with Crippen molar-refractivity contribution in [2.24, 2.45) is 5.10 Å². The van der Waals surface area contributed by atoms with Crippen LogP contribution in [0.5, 0.6) is 23.0 Å². The lowest BCUT2D eigenvalue weighted by Crippen LogP contribution is -2.23. The first kappa shape index (κ1) is 19.3. The zero-order valence-electron chi connectivity index (χ0n) is 15.0. The van der Waals surface area contributed by atoms with Crippen LogP contribution >= 0.6 is 12.2 Å². The standard InChI is InChI=1S/C18H21N3O4S/c1-22-14-7-5-12(9-16(14)24-3)11-19-21-18(26)20-13-6-8-15(23-2)17(10-13)25-4/h5-11H,1-4H3,(H2,20,21,26)/b19-11-. The molecule has 0 aliphatic rings. The quantitative estimate of drug-likeness (QED) is 0.438. The van der Waals surface area contributed by atoms with Crippen molar-refractivity contribution in [1.29, 1.82) is 0 Å². The van der Waals surface area contributed by atoms with Gasteiger partial charge in [-0.3, -0.25) is 5.43 Å². The Bertz CT molecular complexity index is 796. The molecular formula is C18H21N3O4S. The lowest BCUT2D eigenvalue weighted by Gasteiger charge is -2.11. The Hall–Kier alpha value is -3.00. The number of benzene rings is 2. The van der Waals surface area contributed by atoms with Gasteiger partial charge in [0.05, 0.1) is 34.7 Å². The summed E-state index contributed by atoms with van der Waals surface area (Å²) in [5.41, 5.74) is 4.35. The van der Waals surface area contributed by atoms with Crippen LogP contribution in [0.4, 0.5) is 5.69 Å². The van der Waals surface area contributed by atoms with Gasteiger partial charge in [-0.15, -0.1) is 0 Å². The molecule has 0 aliphatic carbocycles. The molecule has 2 rings (SSSR count). The molecule has 7 nitrogen and oxygen atoms in total. The summed E-state index contributed by atoms with van der Waals surface area (Å²) >= 11 is 5.23. The number of nitrogens with zero attached hydrogens (tertiary/aromatic N) is 1. The highest BCUT2D eigenvalue weighted by Crippen LogP contribution is 2.29. The van der Waals surface area contributed by atoms with Crippen molar-refractivity contribution in [2.45, 2.75) is 0 Å². The van der Waals surface area contributed by atoms with Gasteiger partial charge in [0.15, 0.2) is 28.1 Å². The molecule has 0 saturated carbocycles. The molecule has 2 N–H and O–H groups in total. The third kappa shape index (κ3) is 5.00. The lowest BCUT2D eigenvalue weighted by molar-refractivity contribution is 0.355. The minimum atomic E-state index is 0.342. The van der Waals surface area contributed by atoms with Crippen LogP contribution in [0.3, 0.4) is 0 Å². The highest BCUT2D eigenvalue weighted by Gasteiger charge is 2.06. The zero-order valence-corrected chi connectivity index (χ0v) is 15.8. The average molecular weight is 375 g/mol. The van der Waals surface area contributed by atoms with Gasteiger partial charge in [0.25, 0.3) is 0 Å². The molecule has 0 atom stereocenters. The molecule has 0 spiro atoms. The van der Waals surface area contributed by atoms with E-state index >= 15 is 0 Å². The molecule has 0 aliphatic heterocycles. The number of ether oxygens (including phenoxy) is 4. The molecular weight excluding hydrogens is 354 g/mol. The Morgan fingerprint density at radius 3 is 2.04 bits per heavy atom. The van der Waals surface area contributed by atoms with E-state index < -0.39 is 0 Å². The van der Waals surface area contributed by atoms with Gasteiger partial charge in [0, 0.05) is 11.8 Å². The number of hydrogen-bond acceptors (Lipinski definition) is 6. The van der Waals surface area contributed by atoms with Crippen LogP contribution in [0.2, 0.25) is 0 Å². The first-order valence-electron chi connectivity index (χ1n) is 7.65. The summed E-state index contributed by atoms with van der Waals surface area (Å²) in [5, 5.41) is 7.48. The van der Waals surface area contributed by atoms with Crippen molar-refractivity contribution in [2.75, 3.05) is 33.8 Å². The molecule has 0 bridgehead atoms. The molecule has 0 saturated heterocycles. The minimum absolute atomic E-state index is 0.342. The second-order valence-electron chi connectivity index (χ2n) is 5.01. The number of hydrazone groups is 1. The normalized spacial score (nSPS) is 10.3. The Morgan fingerprint density at radius 2 is 1.42 bits per heavy atom. The monoisotopic (exact) mass is 375 g/mol. The first-order valence-corrected chi connectivity index (χ1v) is 8.06. The van der Waals surface area contributed by atoms with Gasteiger partial charge in [-0.05, 0) is 48.1 Å². The third-order valence-electron chi connectivity index (χ3n) is 3.43. The fourth-order valence-electron chi connectivity index (χ4n) is 2.17. The smallest absolute Gasteiger partial charge is 0.191 e. The number of methoxy groups -OCH3 is 4. The topological polar surface area (TPSA) is 73.3 Å². The van der Waals surface area contributed by atoms with Gasteiger partial charge in [-0.2, -0.15) is 5.10 Å². The summed E-state index contributed by atoms with van der Waals surface area (Å²) in [5.74, 6) is 2.53. The van der Waals surface area contributed by atoms with Crippen LogP contribution in [0.15, 0.2) is 41.5 Å². The second kappa shape index (κ2) is 9.47. The predicted molar refractivity (Wildman–Crippen MR) is 106 cm³/mol. The minimum Gasteiger partial charge on any atom is -0.493 e. The Labute approximate surface area is 157 Å². The van der Waals surface area contributed by atoms with Crippen LogP contribution in [-0.2, 0) is 0 Å². The molecule has 0 aromatic heterocycles. The summed E-state index contributed by atoms with van der Waals surface area (Å²) in [7, 11) is 6.33. The van der Waals surface area contributed by atoms with Crippen molar-refractivity contribution in [3.8, 4) is 23.0 Å². The average Bonchev–Trinajstić information content (AvgIpc) is 2.67. The molecule has 8 heteroatoms. The molecule has 0 fully saturated rings. The second-order valence-corrected chi connectivity index (χ2v) is 5.42. The molecule has 0 heterocycles. The van der Waals surface area contributed by atoms with E-state index in [1.54, 1.807) is 52.9 Å². The molecule has 2 aromatic rings. The first-order chi connectivity index (χ1) is 12.6. The Morgan fingerprint density at radius 1 is 0.846 bits per heavy atom. The van der Waals surface area contributed by atoms with Crippen molar-refractivity contribution in [1.82, 2.24) is 5.43 Å². The third-order valence-corrected chi connectivity index (χ3v) is 3.62. The molecule has 0 unspecified atom stereocenters. The van der Waals surface area contributed by atoms with Gasteiger partial charge in [-0.1, -0.05) is 0 Å². The van der Waals surface area contributed by atoms with Crippen molar-refractivity contribution < 1.29 is 18.9 Å². The fraction of sp³-hybridized carbons (Fsp3) is 0.222. The van der Waals surface area contributed by atoms with E-state index in [0.717, 1.165) is 11.3 Å².